The molecule has 0 aromatic carbocycles. The van der Waals surface area contributed by atoms with E-state index in [2.05, 4.69) is 21.4 Å². The van der Waals surface area contributed by atoms with Gasteiger partial charge in [0.15, 0.2) is 0 Å². The summed E-state index contributed by atoms with van der Waals surface area (Å²) in [7, 11) is 0. The molecule has 1 saturated heterocycles. The Morgan fingerprint density at radius 3 is 3.00 bits per heavy atom. The Morgan fingerprint density at radius 1 is 1.60 bits per heavy atom. The SMILES string of the molecule is C=CCNc1nccn1C1CCN(C(=O)OCC)CC1. The fourth-order valence-electron chi connectivity index (χ4n) is 2.45. The molecule has 0 bridgehead atoms. The molecule has 0 aliphatic carbocycles. The van der Waals surface area contributed by atoms with Crippen LogP contribution in [0.2, 0.25) is 0 Å². The number of carbonyl (C=O) groups is 1. The summed E-state index contributed by atoms with van der Waals surface area (Å²) in [5, 5.41) is 3.22. The minimum absolute atomic E-state index is 0.207. The minimum Gasteiger partial charge on any atom is -0.450 e. The van der Waals surface area contributed by atoms with Crippen molar-refractivity contribution < 1.29 is 9.53 Å². The summed E-state index contributed by atoms with van der Waals surface area (Å²) in [6.07, 6.45) is 7.21. The van der Waals surface area contributed by atoms with Crippen LogP contribution >= 0.6 is 0 Å². The molecule has 2 rings (SSSR count). The van der Waals surface area contributed by atoms with Gasteiger partial charge in [-0.3, -0.25) is 0 Å². The summed E-state index contributed by atoms with van der Waals surface area (Å²) < 4.78 is 7.17. The Kier molecular flexibility index (Phi) is 5.03. The van der Waals surface area contributed by atoms with Crippen LogP contribution in [0, 0.1) is 0 Å². The van der Waals surface area contributed by atoms with Gasteiger partial charge in [-0.05, 0) is 19.8 Å². The molecule has 1 fully saturated rings. The number of carbonyl (C=O) groups excluding carboxylic acids is 1. The number of rotatable bonds is 5. The lowest BCUT2D eigenvalue weighted by Gasteiger charge is -2.32. The number of nitrogens with one attached hydrogen (secondary N) is 1. The van der Waals surface area contributed by atoms with Crippen molar-refractivity contribution in [3.05, 3.63) is 25.0 Å². The van der Waals surface area contributed by atoms with Crippen LogP contribution in [0.25, 0.3) is 0 Å². The zero-order chi connectivity index (χ0) is 14.4. The zero-order valence-electron chi connectivity index (χ0n) is 11.9. The predicted molar refractivity (Wildman–Crippen MR) is 77.8 cm³/mol. The Morgan fingerprint density at radius 2 is 2.35 bits per heavy atom. The average molecular weight is 278 g/mol. The van der Waals surface area contributed by atoms with Crippen LogP contribution in [0.4, 0.5) is 10.7 Å². The predicted octanol–water partition coefficient (Wildman–Crippen LogP) is 2.27. The third-order valence-electron chi connectivity index (χ3n) is 3.46. The highest BCUT2D eigenvalue weighted by molar-refractivity contribution is 5.67. The zero-order valence-corrected chi connectivity index (χ0v) is 11.9. The van der Waals surface area contributed by atoms with Gasteiger partial charge in [-0.25, -0.2) is 9.78 Å². The van der Waals surface area contributed by atoms with Crippen molar-refractivity contribution in [2.45, 2.75) is 25.8 Å². The van der Waals surface area contributed by atoms with Gasteiger partial charge in [0.25, 0.3) is 0 Å². The van der Waals surface area contributed by atoms with Crippen molar-refractivity contribution in [3.8, 4) is 0 Å². The highest BCUT2D eigenvalue weighted by Crippen LogP contribution is 2.25. The average Bonchev–Trinajstić information content (AvgIpc) is 2.94. The maximum absolute atomic E-state index is 11.7. The number of anilines is 1. The summed E-state index contributed by atoms with van der Waals surface area (Å²) >= 11 is 0. The molecular weight excluding hydrogens is 256 g/mol. The van der Waals surface area contributed by atoms with Crippen molar-refractivity contribution in [2.75, 3.05) is 31.6 Å². The highest BCUT2D eigenvalue weighted by Gasteiger charge is 2.25. The molecule has 0 radical (unpaired) electrons. The number of hydrogen-bond acceptors (Lipinski definition) is 4. The smallest absolute Gasteiger partial charge is 0.409 e. The molecule has 2 heterocycles. The van der Waals surface area contributed by atoms with Crippen LogP contribution < -0.4 is 5.32 Å². The van der Waals surface area contributed by atoms with E-state index in [1.165, 1.54) is 0 Å². The third-order valence-corrected chi connectivity index (χ3v) is 3.46. The molecule has 1 N–H and O–H groups in total. The quantitative estimate of drug-likeness (QED) is 0.839. The number of aromatic nitrogens is 2. The number of ether oxygens (including phenoxy) is 1. The van der Waals surface area contributed by atoms with Crippen molar-refractivity contribution in [2.24, 2.45) is 0 Å². The van der Waals surface area contributed by atoms with Crippen LogP contribution in [0.15, 0.2) is 25.0 Å². The Hall–Kier alpha value is -1.98. The van der Waals surface area contributed by atoms with E-state index in [4.69, 9.17) is 4.74 Å². The number of likely N-dealkylation sites (tertiary alicyclic amines) is 1. The minimum atomic E-state index is -0.207. The van der Waals surface area contributed by atoms with Gasteiger partial charge in [-0.1, -0.05) is 6.08 Å². The van der Waals surface area contributed by atoms with E-state index < -0.39 is 0 Å². The van der Waals surface area contributed by atoms with E-state index in [0.717, 1.165) is 31.9 Å². The highest BCUT2D eigenvalue weighted by atomic mass is 16.6. The van der Waals surface area contributed by atoms with Gasteiger partial charge >= 0.3 is 6.09 Å². The van der Waals surface area contributed by atoms with Gasteiger partial charge in [0.05, 0.1) is 6.61 Å². The summed E-state index contributed by atoms with van der Waals surface area (Å²) in [6.45, 7) is 8.09. The molecule has 6 nitrogen and oxygen atoms in total. The molecule has 110 valence electrons. The van der Waals surface area contributed by atoms with Gasteiger partial charge in [0, 0.05) is 38.1 Å². The van der Waals surface area contributed by atoms with Crippen LogP contribution in [-0.4, -0.2) is 46.8 Å². The molecule has 1 aromatic rings. The topological polar surface area (TPSA) is 59.4 Å². The molecule has 20 heavy (non-hydrogen) atoms. The van der Waals surface area contributed by atoms with Gasteiger partial charge in [-0.15, -0.1) is 6.58 Å². The maximum atomic E-state index is 11.7. The van der Waals surface area contributed by atoms with Gasteiger partial charge in [0.1, 0.15) is 0 Å². The van der Waals surface area contributed by atoms with Gasteiger partial charge < -0.3 is 19.5 Å². The molecule has 1 aliphatic heterocycles. The lowest BCUT2D eigenvalue weighted by atomic mass is 10.1. The third kappa shape index (κ3) is 3.31. The lowest BCUT2D eigenvalue weighted by Crippen LogP contribution is -2.39. The number of hydrogen-bond donors (Lipinski definition) is 1. The summed E-state index contributed by atoms with van der Waals surface area (Å²) in [5.74, 6) is 0.861. The fraction of sp³-hybridized carbons (Fsp3) is 0.571. The molecule has 0 unspecified atom stereocenters. The lowest BCUT2D eigenvalue weighted by molar-refractivity contribution is 0.0928. The molecule has 1 aromatic heterocycles. The maximum Gasteiger partial charge on any atom is 0.409 e. The van der Waals surface area contributed by atoms with E-state index in [9.17, 15) is 4.79 Å². The molecule has 0 saturated carbocycles. The summed E-state index contributed by atoms with van der Waals surface area (Å²) in [6, 6.07) is 0.371. The second-order valence-electron chi connectivity index (χ2n) is 4.74. The molecule has 1 aliphatic rings. The van der Waals surface area contributed by atoms with Crippen molar-refractivity contribution in [3.63, 3.8) is 0 Å². The second kappa shape index (κ2) is 6.98. The van der Waals surface area contributed by atoms with Gasteiger partial charge in [-0.2, -0.15) is 0 Å². The van der Waals surface area contributed by atoms with Crippen molar-refractivity contribution in [1.29, 1.82) is 0 Å². The van der Waals surface area contributed by atoms with E-state index in [-0.39, 0.29) is 6.09 Å². The molecule has 0 spiro atoms. The first kappa shape index (κ1) is 14.4. The van der Waals surface area contributed by atoms with Crippen molar-refractivity contribution >= 4 is 12.0 Å². The number of nitrogens with zero attached hydrogens (tertiary/aromatic N) is 3. The standard InChI is InChI=1S/C14H22N4O2/c1-3-7-15-13-16-8-11-18(13)12-5-9-17(10-6-12)14(19)20-4-2/h3,8,11-12H,1,4-7,9-10H2,2H3,(H,15,16). The molecule has 1 amide bonds. The van der Waals surface area contributed by atoms with Crippen molar-refractivity contribution in [1.82, 2.24) is 14.5 Å². The summed E-state index contributed by atoms with van der Waals surface area (Å²) in [4.78, 5) is 17.7. The van der Waals surface area contributed by atoms with Crippen LogP contribution in [0.5, 0.6) is 0 Å². The molecule has 6 heteroatoms. The Bertz CT molecular complexity index is 450. The fourth-order valence-corrected chi connectivity index (χ4v) is 2.45. The van der Waals surface area contributed by atoms with Crippen LogP contribution in [0.3, 0.4) is 0 Å². The monoisotopic (exact) mass is 278 g/mol. The largest absolute Gasteiger partial charge is 0.450 e. The number of amides is 1. The van der Waals surface area contributed by atoms with E-state index in [0.29, 0.717) is 19.2 Å². The van der Waals surface area contributed by atoms with Gasteiger partial charge in [0.2, 0.25) is 5.95 Å². The van der Waals surface area contributed by atoms with E-state index in [1.54, 1.807) is 11.1 Å². The molecule has 0 atom stereocenters. The summed E-state index contributed by atoms with van der Waals surface area (Å²) in [5.41, 5.74) is 0. The van der Waals surface area contributed by atoms with Crippen LogP contribution in [-0.2, 0) is 4.74 Å². The first-order valence-corrected chi connectivity index (χ1v) is 7.05. The van der Waals surface area contributed by atoms with Crippen LogP contribution in [0.1, 0.15) is 25.8 Å². The normalized spacial score (nSPS) is 15.9. The number of piperidine rings is 1. The van der Waals surface area contributed by atoms with E-state index >= 15 is 0 Å². The van der Waals surface area contributed by atoms with E-state index in [1.807, 2.05) is 19.2 Å². The Balaban J connectivity index is 1.92. The number of imidazole rings is 1. The Labute approximate surface area is 119 Å². The first-order valence-electron chi connectivity index (χ1n) is 7.05. The second-order valence-corrected chi connectivity index (χ2v) is 4.74. The molecular formula is C14H22N4O2. The first-order chi connectivity index (χ1) is 9.76.